The van der Waals surface area contributed by atoms with Crippen LogP contribution in [0.4, 0.5) is 0 Å². The van der Waals surface area contributed by atoms with Crippen LogP contribution < -0.4 is 0 Å². The van der Waals surface area contributed by atoms with Crippen molar-refractivity contribution in [3.8, 4) is 0 Å². The Balaban J connectivity index is 9.96. The molecule has 0 aromatic rings. The first-order valence-corrected chi connectivity index (χ1v) is 12.5. The van der Waals surface area contributed by atoms with Gasteiger partial charge in [0.2, 0.25) is 5.79 Å². The van der Waals surface area contributed by atoms with Gasteiger partial charge in [-0.05, 0) is 0 Å². The van der Waals surface area contributed by atoms with Crippen molar-refractivity contribution in [2.75, 3.05) is 93.2 Å². The molecule has 0 amide bonds. The zero-order chi connectivity index (χ0) is 34.5. The summed E-state index contributed by atoms with van der Waals surface area (Å²) < 4.78 is 25.9. The van der Waals surface area contributed by atoms with Crippen LogP contribution in [0.15, 0.2) is 0 Å². The van der Waals surface area contributed by atoms with Gasteiger partial charge in [-0.25, -0.2) is 0 Å². The van der Waals surface area contributed by atoms with E-state index in [0.29, 0.717) is 0 Å². The van der Waals surface area contributed by atoms with Crippen LogP contribution in [0.5, 0.6) is 0 Å². The molecule has 0 aliphatic rings. The standard InChI is InChI=1S/C22H44O22/c23-1-16(2-24,40-11-33)21(15(37)38,17(3-25,4-26)41-12-34)22(44-20(39,9-31)10-32,18(5-27,6-28)42-13-35)19(7-29,8-30)43-14-36/h23-36,39H,1-14H2,(H,37,38). The number of carboxylic acids is 1. The zero-order valence-corrected chi connectivity index (χ0v) is 23.5. The largest absolute Gasteiger partial charge is 0.481 e. The number of carbonyl (C=O) groups is 1. The summed E-state index contributed by atoms with van der Waals surface area (Å²) in [7, 11) is 0. The van der Waals surface area contributed by atoms with Crippen molar-refractivity contribution >= 4 is 5.97 Å². The summed E-state index contributed by atoms with van der Waals surface area (Å²) in [6.45, 7) is -25.8. The Morgan fingerprint density at radius 3 is 0.864 bits per heavy atom. The molecule has 0 aliphatic heterocycles. The molecule has 0 aromatic carbocycles. The van der Waals surface area contributed by atoms with Crippen LogP contribution in [0.25, 0.3) is 0 Å². The van der Waals surface area contributed by atoms with Crippen LogP contribution in [-0.4, -0.2) is 215 Å². The van der Waals surface area contributed by atoms with Crippen LogP contribution >= 0.6 is 0 Å². The molecule has 0 heterocycles. The van der Waals surface area contributed by atoms with E-state index in [1.165, 1.54) is 0 Å². The van der Waals surface area contributed by atoms with Gasteiger partial charge in [-0.15, -0.1) is 0 Å². The van der Waals surface area contributed by atoms with Gasteiger partial charge >= 0.3 is 5.97 Å². The summed E-state index contributed by atoms with van der Waals surface area (Å²) >= 11 is 0. The first-order valence-electron chi connectivity index (χ1n) is 12.5. The monoisotopic (exact) mass is 660 g/mol. The fraction of sp³-hybridized carbons (Fsp3) is 0.955. The van der Waals surface area contributed by atoms with Crippen LogP contribution in [0.1, 0.15) is 0 Å². The Labute approximate surface area is 249 Å². The lowest BCUT2D eigenvalue weighted by molar-refractivity contribution is -0.463. The molecule has 16 N–H and O–H groups in total. The molecule has 22 heteroatoms. The average Bonchev–Trinajstić information content (AvgIpc) is 3.04. The van der Waals surface area contributed by atoms with Crippen molar-refractivity contribution in [3.05, 3.63) is 0 Å². The summed E-state index contributed by atoms with van der Waals surface area (Å²) in [6, 6.07) is 0. The van der Waals surface area contributed by atoms with Gasteiger partial charge in [0.25, 0.3) is 0 Å². The summed E-state index contributed by atoms with van der Waals surface area (Å²) in [4.78, 5) is 14.0. The summed E-state index contributed by atoms with van der Waals surface area (Å²) in [5, 5.41) is 167. The second-order valence-corrected chi connectivity index (χ2v) is 9.44. The van der Waals surface area contributed by atoms with E-state index in [1.54, 1.807) is 0 Å². The van der Waals surface area contributed by atoms with E-state index in [2.05, 4.69) is 0 Å². The van der Waals surface area contributed by atoms with Crippen molar-refractivity contribution < 1.29 is 110 Å². The Bertz CT molecular complexity index is 775. The number of hydrogen-bond donors (Lipinski definition) is 16. The molecular formula is C22H44O22. The zero-order valence-electron chi connectivity index (χ0n) is 23.5. The smallest absolute Gasteiger partial charge is 0.319 e. The van der Waals surface area contributed by atoms with Crippen molar-refractivity contribution in [2.45, 2.75) is 33.8 Å². The molecule has 0 spiro atoms. The fourth-order valence-corrected chi connectivity index (χ4v) is 5.76. The number of aliphatic hydroxyl groups excluding tert-OH is 14. The quantitative estimate of drug-likeness (QED) is 0.0383. The van der Waals surface area contributed by atoms with E-state index in [0.717, 1.165) is 0 Å². The van der Waals surface area contributed by atoms with Crippen molar-refractivity contribution in [1.29, 1.82) is 0 Å². The van der Waals surface area contributed by atoms with E-state index in [4.69, 9.17) is 23.7 Å². The third-order valence-corrected chi connectivity index (χ3v) is 7.74. The summed E-state index contributed by atoms with van der Waals surface area (Å²) in [6.07, 6.45) is 0. The summed E-state index contributed by atoms with van der Waals surface area (Å²) in [5.74, 6) is -6.36. The molecule has 0 unspecified atom stereocenters. The van der Waals surface area contributed by atoms with Gasteiger partial charge in [0.15, 0.2) is 22.2 Å². The first kappa shape index (κ1) is 42.7. The third kappa shape index (κ3) is 6.19. The van der Waals surface area contributed by atoms with Gasteiger partial charge < -0.3 is 105 Å². The van der Waals surface area contributed by atoms with Crippen LogP contribution in [0.2, 0.25) is 0 Å². The van der Waals surface area contributed by atoms with Crippen molar-refractivity contribution in [2.24, 2.45) is 5.41 Å². The highest BCUT2D eigenvalue weighted by Crippen LogP contribution is 2.64. The Morgan fingerprint density at radius 2 is 0.682 bits per heavy atom. The van der Waals surface area contributed by atoms with Gasteiger partial charge in [-0.3, -0.25) is 4.79 Å². The number of aliphatic hydroxyl groups is 15. The molecule has 0 atom stereocenters. The van der Waals surface area contributed by atoms with E-state index < -0.39 is 138 Å². The normalized spacial score (nSPS) is 14.3. The van der Waals surface area contributed by atoms with Crippen molar-refractivity contribution in [1.82, 2.24) is 0 Å². The van der Waals surface area contributed by atoms with Crippen molar-refractivity contribution in [3.63, 3.8) is 0 Å². The van der Waals surface area contributed by atoms with Gasteiger partial charge in [-0.2, -0.15) is 0 Å². The van der Waals surface area contributed by atoms with Gasteiger partial charge in [0, 0.05) is 0 Å². The second kappa shape index (κ2) is 17.5. The lowest BCUT2D eigenvalue weighted by Crippen LogP contribution is -2.93. The van der Waals surface area contributed by atoms with E-state index in [9.17, 15) is 86.5 Å². The van der Waals surface area contributed by atoms with E-state index in [1.807, 2.05) is 0 Å². The molecule has 0 aliphatic carbocycles. The lowest BCUT2D eigenvalue weighted by atomic mass is 9.44. The minimum absolute atomic E-state index is 1.71. The molecule has 0 aromatic heterocycles. The first-order chi connectivity index (χ1) is 20.7. The Morgan fingerprint density at radius 1 is 0.432 bits per heavy atom. The maximum Gasteiger partial charge on any atom is 0.319 e. The van der Waals surface area contributed by atoms with Crippen LogP contribution in [0.3, 0.4) is 0 Å². The maximum absolute atomic E-state index is 14.0. The fourth-order valence-electron chi connectivity index (χ4n) is 5.76. The predicted molar refractivity (Wildman–Crippen MR) is 133 cm³/mol. The van der Waals surface area contributed by atoms with Gasteiger partial charge in [0.05, 0.1) is 66.1 Å². The average molecular weight is 661 g/mol. The number of ether oxygens (including phenoxy) is 5. The van der Waals surface area contributed by atoms with E-state index in [-0.39, 0.29) is 0 Å². The number of carboxylic acid groups (broad SMARTS) is 1. The molecule has 0 saturated carbocycles. The molecule has 264 valence electrons. The third-order valence-electron chi connectivity index (χ3n) is 7.74. The number of aliphatic carboxylic acids is 1. The molecule has 0 fully saturated rings. The van der Waals surface area contributed by atoms with Gasteiger partial charge in [0.1, 0.15) is 38.4 Å². The van der Waals surface area contributed by atoms with E-state index >= 15 is 0 Å². The SMILES string of the molecule is O=C(O)C(C(CO)(CO)OCO)(C(CO)(CO)OCO)C(OC(O)(CO)CO)(C(CO)(CO)OCO)C(CO)(CO)OCO. The minimum Gasteiger partial charge on any atom is -0.481 e. The topological polar surface area (TPSA) is 387 Å². The van der Waals surface area contributed by atoms with Crippen LogP contribution in [-0.2, 0) is 28.5 Å². The summed E-state index contributed by atoms with van der Waals surface area (Å²) in [5.41, 5.74) is -23.2. The highest BCUT2D eigenvalue weighted by atomic mass is 16.7. The molecule has 0 bridgehead atoms. The van der Waals surface area contributed by atoms with Crippen LogP contribution in [0, 0.1) is 5.41 Å². The Hall–Kier alpha value is -1.33. The Kier molecular flexibility index (Phi) is 17.0. The highest BCUT2D eigenvalue weighted by Gasteiger charge is 2.89. The molecule has 22 nitrogen and oxygen atoms in total. The lowest BCUT2D eigenvalue weighted by Gasteiger charge is -2.69. The maximum atomic E-state index is 14.0. The highest BCUT2D eigenvalue weighted by molar-refractivity contribution is 5.82. The number of rotatable bonds is 26. The molecular weight excluding hydrogens is 616 g/mol. The molecule has 0 saturated heterocycles. The predicted octanol–water partition coefficient (Wildman–Crippen LogP) is -9.75. The molecule has 0 rings (SSSR count). The second-order valence-electron chi connectivity index (χ2n) is 9.44. The number of hydrogen-bond acceptors (Lipinski definition) is 21. The van der Waals surface area contributed by atoms with Gasteiger partial charge in [-0.1, -0.05) is 0 Å². The molecule has 0 radical (unpaired) electrons. The molecule has 44 heavy (non-hydrogen) atoms. The minimum atomic E-state index is -4.34.